The largest absolute Gasteiger partial charge is 0.390 e. The van der Waals surface area contributed by atoms with Crippen LogP contribution in [0.3, 0.4) is 0 Å². The Morgan fingerprint density at radius 2 is 1.74 bits per heavy atom. The molecule has 34 heavy (non-hydrogen) atoms. The Kier molecular flexibility index (Phi) is 6.44. The minimum absolute atomic E-state index is 0.0251. The molecule has 1 atom stereocenters. The molecular formula is C21H23F4N3O5S. The number of nitrogens with zero attached hydrogens (tertiary/aromatic N) is 2. The number of nitrogens with one attached hydrogen (secondary N) is 1. The zero-order chi connectivity index (χ0) is 24.8. The number of carbonyl (C=O) groups is 3. The highest BCUT2D eigenvalue weighted by molar-refractivity contribution is 7.89. The standard InChI is InChI=1S/C21H23F4N3O5S/c22-16-10-15-13(11-28(20(15)31)17-1-2-18(29)26-19(17)30)9-14(16)12-3-6-27(7-4-12)34(32,33)8-5-21(23,24)25/h9-10,12,17H,1-8,11H2,(H,26,29,30). The van der Waals surface area contributed by atoms with Gasteiger partial charge in [-0.2, -0.15) is 13.2 Å². The normalized spacial score (nSPS) is 22.8. The molecular weight excluding hydrogens is 482 g/mol. The van der Waals surface area contributed by atoms with Gasteiger partial charge in [0.2, 0.25) is 21.8 Å². The number of imide groups is 1. The van der Waals surface area contributed by atoms with Gasteiger partial charge in [-0.25, -0.2) is 17.1 Å². The van der Waals surface area contributed by atoms with E-state index < -0.39 is 58.0 Å². The van der Waals surface area contributed by atoms with Crippen molar-refractivity contribution in [3.63, 3.8) is 0 Å². The molecule has 0 aliphatic carbocycles. The van der Waals surface area contributed by atoms with Crippen LogP contribution in [0.4, 0.5) is 17.6 Å². The second-order valence-corrected chi connectivity index (χ2v) is 10.9. The van der Waals surface area contributed by atoms with E-state index in [1.807, 2.05) is 0 Å². The van der Waals surface area contributed by atoms with E-state index in [9.17, 15) is 40.4 Å². The second-order valence-electron chi connectivity index (χ2n) is 8.79. The van der Waals surface area contributed by atoms with Crippen LogP contribution in [-0.4, -0.2) is 66.4 Å². The summed E-state index contributed by atoms with van der Waals surface area (Å²) in [5.41, 5.74) is 0.980. The van der Waals surface area contributed by atoms with Crippen LogP contribution in [0, 0.1) is 5.82 Å². The average molecular weight is 505 g/mol. The molecule has 3 aliphatic heterocycles. The summed E-state index contributed by atoms with van der Waals surface area (Å²) in [4.78, 5) is 37.7. The first-order valence-electron chi connectivity index (χ1n) is 10.9. The molecule has 3 heterocycles. The van der Waals surface area contributed by atoms with E-state index in [0.717, 1.165) is 10.4 Å². The topological polar surface area (TPSA) is 104 Å². The molecule has 0 aromatic heterocycles. The first-order chi connectivity index (χ1) is 15.9. The molecule has 3 amide bonds. The van der Waals surface area contributed by atoms with Crippen LogP contribution in [0.15, 0.2) is 12.1 Å². The Morgan fingerprint density at radius 1 is 1.06 bits per heavy atom. The Hall–Kier alpha value is -2.54. The quantitative estimate of drug-likeness (QED) is 0.487. The highest BCUT2D eigenvalue weighted by atomic mass is 32.2. The van der Waals surface area contributed by atoms with Crippen molar-refractivity contribution in [2.75, 3.05) is 18.8 Å². The van der Waals surface area contributed by atoms with Crippen molar-refractivity contribution in [2.45, 2.75) is 56.8 Å². The molecule has 0 bridgehead atoms. The van der Waals surface area contributed by atoms with Crippen LogP contribution < -0.4 is 5.32 Å². The average Bonchev–Trinajstić information content (AvgIpc) is 3.07. The molecule has 13 heteroatoms. The summed E-state index contributed by atoms with van der Waals surface area (Å²) < 4.78 is 77.6. The SMILES string of the molecule is O=C1CCC(N2Cc3cc(C4CCN(S(=O)(=O)CCC(F)(F)F)CC4)c(F)cc3C2=O)C(=O)N1. The van der Waals surface area contributed by atoms with Crippen molar-refractivity contribution >= 4 is 27.7 Å². The summed E-state index contributed by atoms with van der Waals surface area (Å²) in [7, 11) is -4.07. The molecule has 1 unspecified atom stereocenters. The van der Waals surface area contributed by atoms with E-state index in [1.54, 1.807) is 6.07 Å². The predicted molar refractivity (Wildman–Crippen MR) is 110 cm³/mol. The molecule has 4 rings (SSSR count). The van der Waals surface area contributed by atoms with Crippen LogP contribution in [0.1, 0.15) is 59.5 Å². The van der Waals surface area contributed by atoms with Gasteiger partial charge in [-0.15, -0.1) is 0 Å². The first kappa shape index (κ1) is 24.6. The Morgan fingerprint density at radius 3 is 2.35 bits per heavy atom. The van der Waals surface area contributed by atoms with Crippen LogP contribution >= 0.6 is 0 Å². The lowest BCUT2D eigenvalue weighted by Gasteiger charge is -2.32. The second kappa shape index (κ2) is 8.91. The number of hydrogen-bond donors (Lipinski definition) is 1. The van der Waals surface area contributed by atoms with E-state index in [2.05, 4.69) is 5.32 Å². The fourth-order valence-corrected chi connectivity index (χ4v) is 6.25. The van der Waals surface area contributed by atoms with E-state index in [1.165, 1.54) is 4.90 Å². The van der Waals surface area contributed by atoms with Crippen LogP contribution in [0.5, 0.6) is 0 Å². The monoisotopic (exact) mass is 505 g/mol. The number of benzene rings is 1. The number of carbonyl (C=O) groups excluding carboxylic acids is 3. The number of halogens is 4. The maximum absolute atomic E-state index is 14.9. The van der Waals surface area contributed by atoms with Gasteiger partial charge in [-0.05, 0) is 42.4 Å². The number of sulfonamides is 1. The third kappa shape index (κ3) is 4.95. The number of amides is 3. The molecule has 8 nitrogen and oxygen atoms in total. The fraction of sp³-hybridized carbons (Fsp3) is 0.571. The number of alkyl halides is 3. The summed E-state index contributed by atoms with van der Waals surface area (Å²) in [5, 5.41) is 2.20. The van der Waals surface area contributed by atoms with E-state index in [0.29, 0.717) is 11.1 Å². The van der Waals surface area contributed by atoms with E-state index in [4.69, 9.17) is 0 Å². The van der Waals surface area contributed by atoms with Gasteiger partial charge >= 0.3 is 6.18 Å². The van der Waals surface area contributed by atoms with E-state index in [-0.39, 0.29) is 56.8 Å². The maximum Gasteiger partial charge on any atom is 0.390 e. The lowest BCUT2D eigenvalue weighted by Crippen LogP contribution is -2.52. The maximum atomic E-state index is 14.9. The van der Waals surface area contributed by atoms with Crippen molar-refractivity contribution in [3.05, 3.63) is 34.6 Å². The zero-order valence-electron chi connectivity index (χ0n) is 18.0. The van der Waals surface area contributed by atoms with Crippen molar-refractivity contribution < 1.29 is 40.4 Å². The van der Waals surface area contributed by atoms with E-state index >= 15 is 0 Å². The van der Waals surface area contributed by atoms with Gasteiger partial charge in [0.15, 0.2) is 0 Å². The van der Waals surface area contributed by atoms with Crippen LogP contribution in [0.2, 0.25) is 0 Å². The molecule has 0 radical (unpaired) electrons. The summed E-state index contributed by atoms with van der Waals surface area (Å²) in [6, 6.07) is 1.84. The highest BCUT2D eigenvalue weighted by Crippen LogP contribution is 2.36. The smallest absolute Gasteiger partial charge is 0.322 e. The highest BCUT2D eigenvalue weighted by Gasteiger charge is 2.40. The Bertz CT molecular complexity index is 1130. The van der Waals surface area contributed by atoms with Gasteiger partial charge in [0.05, 0.1) is 12.2 Å². The molecule has 0 spiro atoms. The van der Waals surface area contributed by atoms with Crippen LogP contribution in [-0.2, 0) is 26.2 Å². The lowest BCUT2D eigenvalue weighted by atomic mass is 9.88. The van der Waals surface area contributed by atoms with Crippen molar-refractivity contribution in [3.8, 4) is 0 Å². The predicted octanol–water partition coefficient (Wildman–Crippen LogP) is 2.05. The zero-order valence-corrected chi connectivity index (χ0v) is 18.8. The van der Waals surface area contributed by atoms with Crippen molar-refractivity contribution in [1.82, 2.24) is 14.5 Å². The first-order valence-corrected chi connectivity index (χ1v) is 12.5. The minimum Gasteiger partial charge on any atom is -0.322 e. The number of piperidine rings is 2. The van der Waals surface area contributed by atoms with Gasteiger partial charge in [0.1, 0.15) is 11.9 Å². The summed E-state index contributed by atoms with van der Waals surface area (Å²) >= 11 is 0. The third-order valence-electron chi connectivity index (χ3n) is 6.57. The van der Waals surface area contributed by atoms with Crippen LogP contribution in [0.25, 0.3) is 0 Å². The molecule has 1 aromatic rings. The summed E-state index contributed by atoms with van der Waals surface area (Å²) in [5.74, 6) is -3.50. The molecule has 3 aliphatic rings. The summed E-state index contributed by atoms with van der Waals surface area (Å²) in [6.45, 7) is 0.0316. The molecule has 0 saturated carbocycles. The molecule has 1 aromatic carbocycles. The number of hydrogen-bond acceptors (Lipinski definition) is 5. The van der Waals surface area contributed by atoms with Crippen molar-refractivity contribution in [2.24, 2.45) is 0 Å². The Labute approximate surface area is 193 Å². The van der Waals surface area contributed by atoms with Gasteiger partial charge in [0.25, 0.3) is 5.91 Å². The van der Waals surface area contributed by atoms with Crippen molar-refractivity contribution in [1.29, 1.82) is 0 Å². The molecule has 2 fully saturated rings. The number of rotatable bonds is 5. The van der Waals surface area contributed by atoms with Gasteiger partial charge in [0, 0.05) is 31.6 Å². The summed E-state index contributed by atoms with van der Waals surface area (Å²) in [6.07, 6.45) is -5.26. The molecule has 2 saturated heterocycles. The minimum atomic E-state index is -4.57. The third-order valence-corrected chi connectivity index (χ3v) is 8.44. The van der Waals surface area contributed by atoms with Gasteiger partial charge in [-0.3, -0.25) is 19.7 Å². The number of fused-ring (bicyclic) bond motifs is 1. The lowest BCUT2D eigenvalue weighted by molar-refractivity contribution is -0.137. The molecule has 186 valence electrons. The van der Waals surface area contributed by atoms with Gasteiger partial charge in [-0.1, -0.05) is 6.07 Å². The Balaban J connectivity index is 1.45. The van der Waals surface area contributed by atoms with Gasteiger partial charge < -0.3 is 4.90 Å². The fourth-order valence-electron chi connectivity index (χ4n) is 4.74. The molecule has 1 N–H and O–H groups in total.